The second-order valence-electron chi connectivity index (χ2n) is 27.0. The molecule has 0 aromatic carbocycles. The topological polar surface area (TPSA) is 95.9 Å². The summed E-state index contributed by atoms with van der Waals surface area (Å²) in [4.78, 5) is 24.7. The second kappa shape index (κ2) is 75.5. The van der Waals surface area contributed by atoms with Gasteiger partial charge in [-0.1, -0.05) is 378 Å². The van der Waals surface area contributed by atoms with Gasteiger partial charge in [-0.05, 0) is 83.5 Å². The Labute approximate surface area is 538 Å². The van der Waals surface area contributed by atoms with Crippen molar-refractivity contribution in [3.05, 3.63) is 36.5 Å². The van der Waals surface area contributed by atoms with Gasteiger partial charge in [-0.3, -0.25) is 9.59 Å². The van der Waals surface area contributed by atoms with Crippen LogP contribution < -0.4 is 5.32 Å². The largest absolute Gasteiger partial charge is 0.466 e. The van der Waals surface area contributed by atoms with Crippen molar-refractivity contribution in [3.8, 4) is 0 Å². The first-order valence-corrected chi connectivity index (χ1v) is 39.2. The number of aliphatic hydroxyl groups is 2. The van der Waals surface area contributed by atoms with Crippen molar-refractivity contribution in [1.29, 1.82) is 0 Å². The predicted octanol–water partition coefficient (Wildman–Crippen LogP) is 25.8. The van der Waals surface area contributed by atoms with Crippen LogP contribution in [-0.2, 0) is 14.3 Å². The number of rotatable bonds is 74. The third kappa shape index (κ3) is 71.2. The van der Waals surface area contributed by atoms with E-state index in [0.717, 1.165) is 51.4 Å². The highest BCUT2D eigenvalue weighted by Gasteiger charge is 2.20. The SMILES string of the molecule is CCCCCCCC/C=C\CCCCCCCCCC(=O)OCCCCCCCCCCC/C=C\C/C=C\CCCCCCCCCCCCCC(=O)NC(CO)C(O)CCCCCCCCCCCCCCCCCCCCCCCCCCC. The van der Waals surface area contributed by atoms with Crippen LogP contribution in [0.5, 0.6) is 0 Å². The standard InChI is InChI=1S/C80H153NO5/c1-3-5-7-9-11-13-15-17-19-21-22-23-24-28-31-34-37-41-44-48-52-56-60-64-68-72-78(83)77(76-82)81-79(84)73-69-65-61-57-53-49-45-42-38-35-32-29-26-25-27-30-33-36-39-43-47-51-55-59-63-67-71-75-86-80(85)74-70-66-62-58-54-50-46-40-20-18-16-14-12-10-8-6-4-2/h18,20,25-26,30,33,77-78,82-83H,3-17,19,21-24,27-29,31-32,34-76H2,1-2H3,(H,81,84)/b20-18-,26-25-,33-30-. The summed E-state index contributed by atoms with van der Waals surface area (Å²) in [6, 6.07) is -0.546. The van der Waals surface area contributed by atoms with Crippen LogP contribution in [-0.4, -0.2) is 47.4 Å². The van der Waals surface area contributed by atoms with E-state index in [-0.39, 0.29) is 18.5 Å². The fraction of sp³-hybridized carbons (Fsp3) is 0.900. The Morgan fingerprint density at radius 2 is 0.581 bits per heavy atom. The number of allylic oxidation sites excluding steroid dienone is 6. The number of carbonyl (C=O) groups is 2. The first kappa shape index (κ1) is 84.1. The van der Waals surface area contributed by atoms with E-state index in [0.29, 0.717) is 25.9 Å². The smallest absolute Gasteiger partial charge is 0.305 e. The Morgan fingerprint density at radius 3 is 0.895 bits per heavy atom. The van der Waals surface area contributed by atoms with Gasteiger partial charge in [0.1, 0.15) is 0 Å². The number of nitrogens with one attached hydrogen (secondary N) is 1. The lowest BCUT2D eigenvalue weighted by Gasteiger charge is -2.22. The van der Waals surface area contributed by atoms with E-state index >= 15 is 0 Å². The molecule has 3 N–H and O–H groups in total. The van der Waals surface area contributed by atoms with Gasteiger partial charge in [0.2, 0.25) is 5.91 Å². The van der Waals surface area contributed by atoms with Crippen molar-refractivity contribution >= 4 is 11.9 Å². The van der Waals surface area contributed by atoms with Crippen LogP contribution in [0, 0.1) is 0 Å². The molecule has 1 amide bonds. The molecule has 2 unspecified atom stereocenters. The van der Waals surface area contributed by atoms with Crippen molar-refractivity contribution in [2.24, 2.45) is 0 Å². The fourth-order valence-electron chi connectivity index (χ4n) is 12.4. The molecule has 6 nitrogen and oxygen atoms in total. The molecule has 0 radical (unpaired) electrons. The maximum absolute atomic E-state index is 12.6. The van der Waals surface area contributed by atoms with Crippen molar-refractivity contribution in [3.63, 3.8) is 0 Å². The number of carbonyl (C=O) groups excluding carboxylic acids is 2. The average molecular weight is 1210 g/mol. The van der Waals surface area contributed by atoms with Crippen molar-refractivity contribution in [1.82, 2.24) is 5.32 Å². The van der Waals surface area contributed by atoms with Gasteiger partial charge in [-0.25, -0.2) is 0 Å². The molecule has 0 aliphatic carbocycles. The summed E-state index contributed by atoms with van der Waals surface area (Å²) in [6.07, 6.45) is 97.9. The summed E-state index contributed by atoms with van der Waals surface area (Å²) in [7, 11) is 0. The summed E-state index contributed by atoms with van der Waals surface area (Å²) in [6.45, 7) is 4.99. The third-order valence-electron chi connectivity index (χ3n) is 18.4. The van der Waals surface area contributed by atoms with Gasteiger partial charge < -0.3 is 20.3 Å². The lowest BCUT2D eigenvalue weighted by molar-refractivity contribution is -0.143. The van der Waals surface area contributed by atoms with Gasteiger partial charge in [-0.2, -0.15) is 0 Å². The highest BCUT2D eigenvalue weighted by Crippen LogP contribution is 2.19. The Kier molecular flexibility index (Phi) is 73.9. The average Bonchev–Trinajstić information content (AvgIpc) is 3.54. The van der Waals surface area contributed by atoms with E-state index in [1.54, 1.807) is 0 Å². The van der Waals surface area contributed by atoms with Gasteiger partial charge in [-0.15, -0.1) is 0 Å². The number of esters is 1. The normalized spacial score (nSPS) is 12.7. The maximum atomic E-state index is 12.6. The molecule has 6 heteroatoms. The molecule has 0 aliphatic heterocycles. The van der Waals surface area contributed by atoms with E-state index in [1.165, 1.54) is 353 Å². The van der Waals surface area contributed by atoms with Gasteiger partial charge >= 0.3 is 5.97 Å². The van der Waals surface area contributed by atoms with E-state index in [9.17, 15) is 19.8 Å². The minimum atomic E-state index is -0.669. The van der Waals surface area contributed by atoms with Crippen LogP contribution in [0.2, 0.25) is 0 Å². The van der Waals surface area contributed by atoms with E-state index < -0.39 is 12.1 Å². The zero-order valence-corrected chi connectivity index (χ0v) is 58.3. The van der Waals surface area contributed by atoms with Crippen molar-refractivity contribution in [2.45, 2.75) is 450 Å². The lowest BCUT2D eigenvalue weighted by atomic mass is 10.0. The highest BCUT2D eigenvalue weighted by molar-refractivity contribution is 5.76. The predicted molar refractivity (Wildman–Crippen MR) is 379 cm³/mol. The van der Waals surface area contributed by atoms with Crippen molar-refractivity contribution < 1.29 is 24.5 Å². The Bertz CT molecular complexity index is 1390. The van der Waals surface area contributed by atoms with Crippen LogP contribution in [0.15, 0.2) is 36.5 Å². The number of aliphatic hydroxyl groups excluding tert-OH is 2. The molecule has 0 spiro atoms. The van der Waals surface area contributed by atoms with Crippen LogP contribution in [0.3, 0.4) is 0 Å². The van der Waals surface area contributed by atoms with Crippen LogP contribution in [0.4, 0.5) is 0 Å². The van der Waals surface area contributed by atoms with Gasteiger partial charge in [0.15, 0.2) is 0 Å². The highest BCUT2D eigenvalue weighted by atomic mass is 16.5. The summed E-state index contributed by atoms with van der Waals surface area (Å²) in [5, 5.41) is 23.5. The lowest BCUT2D eigenvalue weighted by Crippen LogP contribution is -2.45. The first-order valence-electron chi connectivity index (χ1n) is 39.2. The molecule has 508 valence electrons. The summed E-state index contributed by atoms with van der Waals surface area (Å²) in [5.74, 6) is -0.0248. The second-order valence-corrected chi connectivity index (χ2v) is 27.0. The number of ether oxygens (including phenoxy) is 1. The monoisotopic (exact) mass is 1210 g/mol. The molecule has 0 bridgehead atoms. The molecule has 0 aromatic heterocycles. The number of unbranched alkanes of at least 4 members (excludes halogenated alkanes) is 57. The zero-order chi connectivity index (χ0) is 62.0. The summed E-state index contributed by atoms with van der Waals surface area (Å²) < 4.78 is 5.50. The molecule has 0 fully saturated rings. The number of hydrogen-bond acceptors (Lipinski definition) is 5. The minimum absolute atomic E-state index is 0.00824. The Morgan fingerprint density at radius 1 is 0.326 bits per heavy atom. The molecule has 0 saturated carbocycles. The maximum Gasteiger partial charge on any atom is 0.305 e. The van der Waals surface area contributed by atoms with Crippen LogP contribution in [0.1, 0.15) is 438 Å². The van der Waals surface area contributed by atoms with Gasteiger partial charge in [0.25, 0.3) is 0 Å². The Hall–Kier alpha value is -1.92. The van der Waals surface area contributed by atoms with Crippen molar-refractivity contribution in [2.75, 3.05) is 13.2 Å². The molecule has 86 heavy (non-hydrogen) atoms. The molecule has 0 aromatic rings. The first-order chi connectivity index (χ1) is 42.5. The van der Waals surface area contributed by atoms with Crippen LogP contribution in [0.25, 0.3) is 0 Å². The zero-order valence-electron chi connectivity index (χ0n) is 58.3. The molecule has 2 atom stereocenters. The van der Waals surface area contributed by atoms with Crippen LogP contribution >= 0.6 is 0 Å². The molecule has 0 aliphatic rings. The van der Waals surface area contributed by atoms with Gasteiger partial charge in [0.05, 0.1) is 25.4 Å². The number of hydrogen-bond donors (Lipinski definition) is 3. The molecular formula is C80H153NO5. The fourth-order valence-corrected chi connectivity index (χ4v) is 12.4. The molecule has 0 saturated heterocycles. The Balaban J connectivity index is 3.41. The number of amides is 1. The van der Waals surface area contributed by atoms with E-state index in [4.69, 9.17) is 4.74 Å². The molecule has 0 rings (SSSR count). The summed E-state index contributed by atoms with van der Waals surface area (Å²) in [5.41, 5.74) is 0. The summed E-state index contributed by atoms with van der Waals surface area (Å²) >= 11 is 0. The minimum Gasteiger partial charge on any atom is -0.466 e. The quantitative estimate of drug-likeness (QED) is 0.0320. The molecule has 0 heterocycles. The van der Waals surface area contributed by atoms with Gasteiger partial charge in [0, 0.05) is 12.8 Å². The third-order valence-corrected chi connectivity index (χ3v) is 18.4. The van der Waals surface area contributed by atoms with E-state index in [2.05, 4.69) is 55.6 Å². The molecular weight excluding hydrogens is 1050 g/mol. The van der Waals surface area contributed by atoms with E-state index in [1.807, 2.05) is 0 Å².